The van der Waals surface area contributed by atoms with Gasteiger partial charge in [0.05, 0.1) is 17.2 Å². The zero-order valence-corrected chi connectivity index (χ0v) is 16.3. The molecule has 0 saturated heterocycles. The van der Waals surface area contributed by atoms with E-state index in [0.29, 0.717) is 31.2 Å². The topological polar surface area (TPSA) is 82.0 Å². The van der Waals surface area contributed by atoms with Gasteiger partial charge in [0, 0.05) is 23.2 Å². The van der Waals surface area contributed by atoms with Crippen molar-refractivity contribution in [2.24, 2.45) is 5.92 Å². The van der Waals surface area contributed by atoms with Crippen LogP contribution >= 0.6 is 0 Å². The van der Waals surface area contributed by atoms with Gasteiger partial charge < -0.3 is 10.6 Å². The number of hydrogen-bond acceptors (Lipinski definition) is 3. The third-order valence-corrected chi connectivity index (χ3v) is 5.25. The van der Waals surface area contributed by atoms with Crippen LogP contribution in [0.25, 0.3) is 0 Å². The van der Waals surface area contributed by atoms with Crippen molar-refractivity contribution in [3.05, 3.63) is 65.0 Å². The second kappa shape index (κ2) is 9.16. The first-order valence-electron chi connectivity index (χ1n) is 9.66. The predicted molar refractivity (Wildman–Crippen MR) is 104 cm³/mol. The number of nitrogens with zero attached hydrogens (tertiary/aromatic N) is 1. The van der Waals surface area contributed by atoms with Crippen molar-refractivity contribution in [2.45, 2.75) is 37.9 Å². The van der Waals surface area contributed by atoms with Gasteiger partial charge in [0.1, 0.15) is 5.82 Å². The predicted octanol–water partition coefficient (Wildman–Crippen LogP) is 4.64. The van der Waals surface area contributed by atoms with Gasteiger partial charge in [0.2, 0.25) is 5.91 Å². The van der Waals surface area contributed by atoms with Crippen molar-refractivity contribution in [1.29, 1.82) is 5.26 Å². The van der Waals surface area contributed by atoms with Crippen molar-refractivity contribution >= 4 is 17.5 Å². The quantitative estimate of drug-likeness (QED) is 0.689. The van der Waals surface area contributed by atoms with Crippen LogP contribution in [0.1, 0.15) is 47.2 Å². The van der Waals surface area contributed by atoms with Crippen molar-refractivity contribution in [3.8, 4) is 6.07 Å². The lowest BCUT2D eigenvalue weighted by molar-refractivity contribution is -0.137. The maximum atomic E-state index is 13.1. The van der Waals surface area contributed by atoms with E-state index in [0.717, 1.165) is 12.1 Å². The van der Waals surface area contributed by atoms with Crippen LogP contribution in [0.15, 0.2) is 42.5 Å². The summed E-state index contributed by atoms with van der Waals surface area (Å²) in [4.78, 5) is 24.7. The normalized spacial score (nSPS) is 18.7. The molecule has 1 saturated carbocycles. The third kappa shape index (κ3) is 5.60. The summed E-state index contributed by atoms with van der Waals surface area (Å²) in [6.45, 7) is 0. The molecule has 0 heterocycles. The Balaban J connectivity index is 1.55. The first-order chi connectivity index (χ1) is 14.7. The van der Waals surface area contributed by atoms with Crippen molar-refractivity contribution < 1.29 is 27.2 Å². The molecule has 1 aliphatic carbocycles. The van der Waals surface area contributed by atoms with Gasteiger partial charge in [-0.15, -0.1) is 0 Å². The molecule has 2 N–H and O–H groups in total. The Morgan fingerprint density at radius 1 is 1.00 bits per heavy atom. The molecule has 0 aliphatic heterocycles. The van der Waals surface area contributed by atoms with Crippen LogP contribution in [-0.4, -0.2) is 17.9 Å². The van der Waals surface area contributed by atoms with Crippen LogP contribution < -0.4 is 10.6 Å². The van der Waals surface area contributed by atoms with Gasteiger partial charge in [-0.05, 0) is 68.1 Å². The van der Waals surface area contributed by atoms with Crippen molar-refractivity contribution in [3.63, 3.8) is 0 Å². The summed E-state index contributed by atoms with van der Waals surface area (Å²) in [5, 5.41) is 14.2. The van der Waals surface area contributed by atoms with Gasteiger partial charge >= 0.3 is 6.18 Å². The zero-order valence-electron chi connectivity index (χ0n) is 16.3. The highest BCUT2D eigenvalue weighted by molar-refractivity contribution is 5.94. The molecule has 0 aromatic heterocycles. The van der Waals surface area contributed by atoms with E-state index in [1.807, 2.05) is 0 Å². The number of alkyl halides is 3. The van der Waals surface area contributed by atoms with Crippen molar-refractivity contribution in [1.82, 2.24) is 5.32 Å². The smallest absolute Gasteiger partial charge is 0.349 e. The molecule has 0 bridgehead atoms. The Bertz CT molecular complexity index is 1000. The molecule has 0 radical (unpaired) electrons. The molecule has 9 heteroatoms. The van der Waals surface area contributed by atoms with Crippen LogP contribution in [0.5, 0.6) is 0 Å². The van der Waals surface area contributed by atoms with Crippen LogP contribution in [0.2, 0.25) is 0 Å². The van der Waals surface area contributed by atoms with E-state index in [1.54, 1.807) is 0 Å². The van der Waals surface area contributed by atoms with E-state index in [-0.39, 0.29) is 17.6 Å². The van der Waals surface area contributed by atoms with E-state index in [1.165, 1.54) is 36.4 Å². The maximum Gasteiger partial charge on any atom is 0.417 e. The van der Waals surface area contributed by atoms with E-state index >= 15 is 0 Å². The largest absolute Gasteiger partial charge is 0.417 e. The molecule has 1 aliphatic rings. The Labute approximate surface area is 176 Å². The number of carbonyl (C=O) groups excluding carboxylic acids is 2. The highest BCUT2D eigenvalue weighted by Crippen LogP contribution is 2.34. The zero-order chi connectivity index (χ0) is 22.6. The standard InChI is InChI=1S/C22H19F4N3O2/c23-16-6-1-13(2-7-16)20(30)28-17-8-3-14(4-9-17)21(31)29-18-10-5-15(12-27)19(11-18)22(24,25)26/h1-2,5-7,10-11,14,17H,3-4,8-9H2,(H,28,30)(H,29,31)/t14-,17+. The van der Waals surface area contributed by atoms with Crippen LogP contribution in [0.3, 0.4) is 0 Å². The SMILES string of the molecule is N#Cc1ccc(NC(=O)[C@H]2CC[C@@H](NC(=O)c3ccc(F)cc3)CC2)cc1C(F)(F)F. The lowest BCUT2D eigenvalue weighted by atomic mass is 9.85. The minimum atomic E-state index is -4.70. The molecule has 0 spiro atoms. The van der Waals surface area contributed by atoms with Gasteiger partial charge in [-0.25, -0.2) is 4.39 Å². The van der Waals surface area contributed by atoms with Crippen LogP contribution in [0.4, 0.5) is 23.2 Å². The number of rotatable bonds is 4. The first-order valence-corrected chi connectivity index (χ1v) is 9.66. The monoisotopic (exact) mass is 433 g/mol. The van der Waals surface area contributed by atoms with E-state index in [2.05, 4.69) is 10.6 Å². The van der Waals surface area contributed by atoms with Gasteiger partial charge in [0.25, 0.3) is 5.91 Å². The molecular weight excluding hydrogens is 414 g/mol. The lowest BCUT2D eigenvalue weighted by Gasteiger charge is -2.28. The molecule has 162 valence electrons. The molecule has 2 aromatic rings. The summed E-state index contributed by atoms with van der Waals surface area (Å²) in [5.41, 5.74) is -1.30. The van der Waals surface area contributed by atoms with Gasteiger partial charge in [-0.3, -0.25) is 9.59 Å². The molecule has 0 atom stereocenters. The molecule has 1 fully saturated rings. The summed E-state index contributed by atoms with van der Waals surface area (Å²) in [6, 6.07) is 9.56. The summed E-state index contributed by atoms with van der Waals surface area (Å²) in [7, 11) is 0. The second-order valence-electron chi connectivity index (χ2n) is 7.39. The summed E-state index contributed by atoms with van der Waals surface area (Å²) < 4.78 is 52.2. The summed E-state index contributed by atoms with van der Waals surface area (Å²) in [5.74, 6) is -1.57. The fourth-order valence-corrected chi connectivity index (χ4v) is 3.57. The average Bonchev–Trinajstić information content (AvgIpc) is 2.74. The van der Waals surface area contributed by atoms with Crippen molar-refractivity contribution in [2.75, 3.05) is 5.32 Å². The molecule has 2 aromatic carbocycles. The number of nitriles is 1. The Morgan fingerprint density at radius 2 is 1.65 bits per heavy atom. The number of nitrogens with one attached hydrogen (secondary N) is 2. The number of anilines is 1. The third-order valence-electron chi connectivity index (χ3n) is 5.25. The summed E-state index contributed by atoms with van der Waals surface area (Å²) in [6.07, 6.45) is -2.71. The second-order valence-corrected chi connectivity index (χ2v) is 7.39. The number of carbonyl (C=O) groups is 2. The van der Waals surface area contributed by atoms with Gasteiger partial charge in [-0.2, -0.15) is 18.4 Å². The fraction of sp³-hybridized carbons (Fsp3) is 0.318. The highest BCUT2D eigenvalue weighted by Gasteiger charge is 2.34. The van der Waals surface area contributed by atoms with E-state index in [9.17, 15) is 27.2 Å². The molecule has 31 heavy (non-hydrogen) atoms. The van der Waals surface area contributed by atoms with E-state index < -0.39 is 34.9 Å². The first kappa shape index (κ1) is 22.3. The van der Waals surface area contributed by atoms with Gasteiger partial charge in [-0.1, -0.05) is 0 Å². The maximum absolute atomic E-state index is 13.1. The van der Waals surface area contributed by atoms with Gasteiger partial charge in [0.15, 0.2) is 0 Å². The lowest BCUT2D eigenvalue weighted by Crippen LogP contribution is -2.39. The molecule has 5 nitrogen and oxygen atoms in total. The van der Waals surface area contributed by atoms with Crippen LogP contribution in [-0.2, 0) is 11.0 Å². The Kier molecular flexibility index (Phi) is 6.59. The number of hydrogen-bond donors (Lipinski definition) is 2. The average molecular weight is 433 g/mol. The highest BCUT2D eigenvalue weighted by atomic mass is 19.4. The molecule has 3 rings (SSSR count). The molecule has 2 amide bonds. The van der Waals surface area contributed by atoms with Crippen LogP contribution in [0, 0.1) is 23.1 Å². The Morgan fingerprint density at radius 3 is 2.23 bits per heavy atom. The fourth-order valence-electron chi connectivity index (χ4n) is 3.57. The summed E-state index contributed by atoms with van der Waals surface area (Å²) >= 11 is 0. The minimum Gasteiger partial charge on any atom is -0.349 e. The molecule has 0 unspecified atom stereocenters. The molecular formula is C22H19F4N3O2. The minimum absolute atomic E-state index is 0.0249. The number of benzene rings is 2. The number of amides is 2. The number of halogens is 4. The Hall–Kier alpha value is -3.41. The van der Waals surface area contributed by atoms with E-state index in [4.69, 9.17) is 5.26 Å².